The first-order chi connectivity index (χ1) is 9.97. The van der Waals surface area contributed by atoms with Crippen molar-refractivity contribution in [3.63, 3.8) is 0 Å². The molecule has 2 N–H and O–H groups in total. The summed E-state index contributed by atoms with van der Waals surface area (Å²) in [5, 5.41) is 9.95. The third-order valence-electron chi connectivity index (χ3n) is 3.01. The van der Waals surface area contributed by atoms with E-state index in [-0.39, 0.29) is 18.1 Å². The third-order valence-corrected chi connectivity index (χ3v) is 4.56. The van der Waals surface area contributed by atoms with Crippen LogP contribution in [0.5, 0.6) is 0 Å². The van der Waals surface area contributed by atoms with Gasteiger partial charge in [0.15, 0.2) is 0 Å². The van der Waals surface area contributed by atoms with Gasteiger partial charge in [0.1, 0.15) is 4.90 Å². The van der Waals surface area contributed by atoms with Crippen LogP contribution >= 0.6 is 0 Å². The van der Waals surface area contributed by atoms with Crippen LogP contribution in [-0.2, 0) is 14.8 Å². The van der Waals surface area contributed by atoms with Crippen molar-refractivity contribution in [3.8, 4) is 0 Å². The lowest BCUT2D eigenvalue weighted by molar-refractivity contribution is 0.139. The summed E-state index contributed by atoms with van der Waals surface area (Å²) >= 11 is 0. The van der Waals surface area contributed by atoms with Crippen LogP contribution in [0.25, 0.3) is 10.9 Å². The third kappa shape index (κ3) is 3.56. The molecule has 0 aliphatic rings. The predicted octanol–water partition coefficient (Wildman–Crippen LogP) is 0.829. The van der Waals surface area contributed by atoms with E-state index in [2.05, 4.69) is 9.71 Å². The molecule has 1 atom stereocenters. The van der Waals surface area contributed by atoms with E-state index < -0.39 is 16.1 Å². The zero-order chi connectivity index (χ0) is 15.5. The Morgan fingerprint density at radius 3 is 2.86 bits per heavy atom. The van der Waals surface area contributed by atoms with Gasteiger partial charge in [0, 0.05) is 18.7 Å². The number of aromatic nitrogens is 1. The number of aliphatic hydroxyl groups is 1. The molecule has 6 nitrogen and oxygen atoms in total. The minimum Gasteiger partial charge on any atom is -0.395 e. The Kier molecular flexibility index (Phi) is 4.89. The Bertz CT molecular complexity index is 731. The molecule has 2 rings (SSSR count). The largest absolute Gasteiger partial charge is 0.395 e. The van der Waals surface area contributed by atoms with Crippen LogP contribution in [-0.4, -0.2) is 44.9 Å². The molecular weight excluding hydrogens is 292 g/mol. The molecule has 0 fully saturated rings. The van der Waals surface area contributed by atoms with Crippen molar-refractivity contribution in [2.45, 2.75) is 17.9 Å². The first kappa shape index (κ1) is 15.8. The maximum Gasteiger partial charge on any atom is 0.243 e. The Balaban J connectivity index is 2.45. The van der Waals surface area contributed by atoms with Crippen molar-refractivity contribution in [1.82, 2.24) is 9.71 Å². The second kappa shape index (κ2) is 6.48. The van der Waals surface area contributed by atoms with Crippen LogP contribution in [0.4, 0.5) is 0 Å². The van der Waals surface area contributed by atoms with Crippen molar-refractivity contribution in [3.05, 3.63) is 36.0 Å². The van der Waals surface area contributed by atoms with Gasteiger partial charge >= 0.3 is 0 Å². The van der Waals surface area contributed by atoms with Crippen molar-refractivity contribution in [2.24, 2.45) is 0 Å². The van der Waals surface area contributed by atoms with E-state index >= 15 is 0 Å². The second-order valence-electron chi connectivity index (χ2n) is 4.80. The number of ether oxygens (including phenoxy) is 1. The van der Waals surface area contributed by atoms with Crippen molar-refractivity contribution in [1.29, 1.82) is 0 Å². The summed E-state index contributed by atoms with van der Waals surface area (Å²) in [6, 6.07) is 6.16. The topological polar surface area (TPSA) is 88.5 Å². The number of fused-ring (bicyclic) bond motifs is 1. The molecule has 0 aliphatic heterocycles. The number of hydrogen-bond donors (Lipinski definition) is 2. The van der Waals surface area contributed by atoms with E-state index in [1.165, 1.54) is 13.2 Å². The van der Waals surface area contributed by atoms with Crippen LogP contribution in [0, 0.1) is 6.92 Å². The molecule has 1 aromatic carbocycles. The summed E-state index contributed by atoms with van der Waals surface area (Å²) in [5.41, 5.74) is 1.36. The number of nitrogens with zero attached hydrogens (tertiary/aromatic N) is 1. The Morgan fingerprint density at radius 2 is 2.19 bits per heavy atom. The minimum atomic E-state index is -3.79. The molecule has 7 heteroatoms. The van der Waals surface area contributed by atoms with Gasteiger partial charge in [-0.05, 0) is 24.6 Å². The predicted molar refractivity (Wildman–Crippen MR) is 79.6 cm³/mol. The standard InChI is InChI=1S/C14H18N2O4S/c1-10-6-11-4-3-5-13(14(11)15-7-10)21(18,19)16-12(8-17)9-20-2/h3-7,12,16-17H,8-9H2,1-2H3. The zero-order valence-corrected chi connectivity index (χ0v) is 12.7. The number of aryl methyl sites for hydroxylation is 1. The van der Waals surface area contributed by atoms with Crippen LogP contribution in [0.15, 0.2) is 35.4 Å². The highest BCUT2D eigenvalue weighted by atomic mass is 32.2. The first-order valence-electron chi connectivity index (χ1n) is 6.45. The Labute approximate surface area is 123 Å². The number of methoxy groups -OCH3 is 1. The molecule has 1 heterocycles. The molecule has 0 saturated carbocycles. The van der Waals surface area contributed by atoms with Crippen molar-refractivity contribution >= 4 is 20.9 Å². The second-order valence-corrected chi connectivity index (χ2v) is 6.48. The highest BCUT2D eigenvalue weighted by Crippen LogP contribution is 2.21. The molecule has 0 saturated heterocycles. The van der Waals surface area contributed by atoms with Gasteiger partial charge in [-0.3, -0.25) is 4.98 Å². The molecular formula is C14H18N2O4S. The molecule has 1 unspecified atom stereocenters. The monoisotopic (exact) mass is 310 g/mol. The normalized spacial score (nSPS) is 13.5. The molecule has 21 heavy (non-hydrogen) atoms. The lowest BCUT2D eigenvalue weighted by atomic mass is 10.2. The maximum atomic E-state index is 12.5. The molecule has 0 bridgehead atoms. The van der Waals surface area contributed by atoms with Crippen molar-refractivity contribution < 1.29 is 18.3 Å². The minimum absolute atomic E-state index is 0.0903. The Morgan fingerprint density at radius 1 is 1.43 bits per heavy atom. The zero-order valence-electron chi connectivity index (χ0n) is 11.9. The van der Waals surface area contributed by atoms with Crippen LogP contribution in [0.3, 0.4) is 0 Å². The van der Waals surface area contributed by atoms with Crippen LogP contribution in [0.2, 0.25) is 0 Å². The summed E-state index contributed by atoms with van der Waals surface area (Å²) in [4.78, 5) is 4.31. The van der Waals surface area contributed by atoms with Gasteiger partial charge in [0.2, 0.25) is 10.0 Å². The Hall–Kier alpha value is -1.54. The van der Waals surface area contributed by atoms with Crippen LogP contribution < -0.4 is 4.72 Å². The molecule has 0 spiro atoms. The number of pyridine rings is 1. The highest BCUT2D eigenvalue weighted by Gasteiger charge is 2.22. The fourth-order valence-electron chi connectivity index (χ4n) is 2.07. The summed E-state index contributed by atoms with van der Waals surface area (Å²) in [6.45, 7) is 1.64. The number of benzene rings is 1. The van der Waals surface area contributed by atoms with Gasteiger partial charge in [-0.25, -0.2) is 13.1 Å². The average molecular weight is 310 g/mol. The van der Waals surface area contributed by atoms with E-state index in [0.717, 1.165) is 10.9 Å². The molecule has 1 aromatic heterocycles. The molecule has 2 aromatic rings. The molecule has 0 amide bonds. The van der Waals surface area contributed by atoms with E-state index in [4.69, 9.17) is 4.74 Å². The van der Waals surface area contributed by atoms with Gasteiger partial charge in [0.25, 0.3) is 0 Å². The highest BCUT2D eigenvalue weighted by molar-refractivity contribution is 7.89. The van der Waals surface area contributed by atoms with Gasteiger partial charge in [-0.1, -0.05) is 12.1 Å². The van der Waals surface area contributed by atoms with Crippen LogP contribution in [0.1, 0.15) is 5.56 Å². The number of rotatable bonds is 6. The summed E-state index contributed by atoms with van der Waals surface area (Å²) in [6.07, 6.45) is 1.63. The lowest BCUT2D eigenvalue weighted by Crippen LogP contribution is -2.40. The number of aliphatic hydroxyl groups excluding tert-OH is 1. The van der Waals surface area contributed by atoms with Gasteiger partial charge < -0.3 is 9.84 Å². The van der Waals surface area contributed by atoms with E-state index in [1.54, 1.807) is 12.3 Å². The molecule has 0 aliphatic carbocycles. The lowest BCUT2D eigenvalue weighted by Gasteiger charge is -2.16. The van der Waals surface area contributed by atoms with Gasteiger partial charge in [-0.2, -0.15) is 0 Å². The fourth-order valence-corrected chi connectivity index (χ4v) is 3.46. The SMILES string of the molecule is COCC(CO)NS(=O)(=O)c1cccc2cc(C)cnc12. The number of nitrogens with one attached hydrogen (secondary N) is 1. The van der Waals surface area contributed by atoms with E-state index in [9.17, 15) is 13.5 Å². The smallest absolute Gasteiger partial charge is 0.243 e. The first-order valence-corrected chi connectivity index (χ1v) is 7.93. The van der Waals surface area contributed by atoms with Gasteiger partial charge in [0.05, 0.1) is 24.8 Å². The van der Waals surface area contributed by atoms with E-state index in [0.29, 0.717) is 5.52 Å². The maximum absolute atomic E-state index is 12.5. The number of hydrogen-bond acceptors (Lipinski definition) is 5. The quantitative estimate of drug-likeness (QED) is 0.825. The average Bonchev–Trinajstić information content (AvgIpc) is 2.45. The van der Waals surface area contributed by atoms with Gasteiger partial charge in [-0.15, -0.1) is 0 Å². The van der Waals surface area contributed by atoms with E-state index in [1.807, 2.05) is 19.1 Å². The summed E-state index contributed by atoms with van der Waals surface area (Å²) in [7, 11) is -2.34. The summed E-state index contributed by atoms with van der Waals surface area (Å²) < 4.78 is 32.2. The van der Waals surface area contributed by atoms with Crippen molar-refractivity contribution in [2.75, 3.05) is 20.3 Å². The number of para-hydroxylation sites is 1. The molecule has 114 valence electrons. The summed E-state index contributed by atoms with van der Waals surface area (Å²) in [5.74, 6) is 0. The molecule has 0 radical (unpaired) electrons. The fraction of sp³-hybridized carbons (Fsp3) is 0.357. The number of sulfonamides is 1.